The summed E-state index contributed by atoms with van der Waals surface area (Å²) in [6, 6.07) is 5.94. The fourth-order valence-electron chi connectivity index (χ4n) is 1.12. The van der Waals surface area contributed by atoms with E-state index in [4.69, 9.17) is 4.74 Å². The fraction of sp³-hybridized carbons (Fsp3) is 0.167. The highest BCUT2D eigenvalue weighted by atomic mass is 16.5. The molecule has 1 aromatic carbocycles. The lowest BCUT2D eigenvalue weighted by molar-refractivity contribution is 0.363. The topological polar surface area (TPSA) is 9.23 Å². The highest BCUT2D eigenvalue weighted by Crippen LogP contribution is 2.17. The molecule has 0 atom stereocenters. The van der Waals surface area contributed by atoms with Gasteiger partial charge in [0.25, 0.3) is 0 Å². The maximum Gasteiger partial charge on any atom is 0.120 e. The van der Waals surface area contributed by atoms with Gasteiger partial charge in [0.15, 0.2) is 0 Å². The van der Waals surface area contributed by atoms with E-state index in [-0.39, 0.29) is 0 Å². The smallest absolute Gasteiger partial charge is 0.120 e. The van der Waals surface area contributed by atoms with Crippen LogP contribution in [0.2, 0.25) is 0 Å². The van der Waals surface area contributed by atoms with Crippen LogP contribution in [0.3, 0.4) is 0 Å². The van der Waals surface area contributed by atoms with E-state index in [0.717, 1.165) is 11.3 Å². The predicted molar refractivity (Wildman–Crippen MR) is 57.0 cm³/mol. The second-order valence-electron chi connectivity index (χ2n) is 2.82. The Balaban J connectivity index is 2.82. The van der Waals surface area contributed by atoms with Gasteiger partial charge in [-0.25, -0.2) is 0 Å². The van der Waals surface area contributed by atoms with Crippen LogP contribution in [0.25, 0.3) is 6.08 Å². The van der Waals surface area contributed by atoms with Crippen molar-refractivity contribution in [2.45, 2.75) is 6.92 Å². The Bertz CT molecular complexity index is 313. The van der Waals surface area contributed by atoms with E-state index in [0.29, 0.717) is 6.61 Å². The highest BCUT2D eigenvalue weighted by Gasteiger charge is 1.96. The summed E-state index contributed by atoms with van der Waals surface area (Å²) in [5.74, 6) is 0.878. The van der Waals surface area contributed by atoms with Gasteiger partial charge in [0, 0.05) is 0 Å². The quantitative estimate of drug-likeness (QED) is 0.637. The van der Waals surface area contributed by atoms with E-state index in [1.807, 2.05) is 31.2 Å². The number of ether oxygens (including phenoxy) is 1. The summed E-state index contributed by atoms with van der Waals surface area (Å²) in [5.41, 5.74) is 2.32. The Hall–Kier alpha value is -1.50. The molecular weight excluding hydrogens is 160 g/mol. The molecule has 0 saturated heterocycles. The summed E-state index contributed by atoms with van der Waals surface area (Å²) in [5, 5.41) is 0. The van der Waals surface area contributed by atoms with Gasteiger partial charge in [-0.05, 0) is 30.2 Å². The Labute approximate surface area is 79.4 Å². The maximum atomic E-state index is 5.38. The molecule has 68 valence electrons. The fourth-order valence-corrected chi connectivity index (χ4v) is 1.12. The molecule has 1 aromatic rings. The number of hydrogen-bond donors (Lipinski definition) is 0. The van der Waals surface area contributed by atoms with E-state index in [1.165, 1.54) is 5.56 Å². The molecule has 0 aromatic heterocycles. The molecule has 0 saturated carbocycles. The van der Waals surface area contributed by atoms with Crippen LogP contribution in [-0.4, -0.2) is 6.61 Å². The Kier molecular flexibility index (Phi) is 3.32. The van der Waals surface area contributed by atoms with Gasteiger partial charge in [0.1, 0.15) is 12.4 Å². The predicted octanol–water partition coefficient (Wildman–Crippen LogP) is 3.20. The number of aryl methyl sites for hydroxylation is 1. The van der Waals surface area contributed by atoms with Crippen LogP contribution in [0, 0.1) is 6.92 Å². The average Bonchev–Trinajstić information content (AvgIpc) is 2.15. The normalized spacial score (nSPS) is 9.31. The lowest BCUT2D eigenvalue weighted by Gasteiger charge is -2.05. The van der Waals surface area contributed by atoms with Crippen molar-refractivity contribution in [2.75, 3.05) is 6.61 Å². The number of benzene rings is 1. The second kappa shape index (κ2) is 4.51. The van der Waals surface area contributed by atoms with Crippen LogP contribution >= 0.6 is 0 Å². The maximum absolute atomic E-state index is 5.38. The summed E-state index contributed by atoms with van der Waals surface area (Å²) < 4.78 is 5.38. The third-order valence-electron chi connectivity index (χ3n) is 1.83. The molecule has 0 N–H and O–H groups in total. The van der Waals surface area contributed by atoms with E-state index in [9.17, 15) is 0 Å². The zero-order chi connectivity index (χ0) is 9.68. The first-order chi connectivity index (χ1) is 6.27. The number of rotatable bonds is 4. The van der Waals surface area contributed by atoms with Gasteiger partial charge in [-0.2, -0.15) is 0 Å². The van der Waals surface area contributed by atoms with E-state index in [1.54, 1.807) is 6.08 Å². The molecule has 0 unspecified atom stereocenters. The summed E-state index contributed by atoms with van der Waals surface area (Å²) in [6.45, 7) is 9.91. The van der Waals surface area contributed by atoms with Crippen molar-refractivity contribution in [1.82, 2.24) is 0 Å². The van der Waals surface area contributed by atoms with Crippen molar-refractivity contribution in [2.24, 2.45) is 0 Å². The Morgan fingerprint density at radius 1 is 1.38 bits per heavy atom. The average molecular weight is 174 g/mol. The third kappa shape index (κ3) is 2.48. The van der Waals surface area contributed by atoms with Crippen molar-refractivity contribution < 1.29 is 4.74 Å². The Morgan fingerprint density at radius 3 is 2.69 bits per heavy atom. The molecule has 0 fully saturated rings. The first kappa shape index (κ1) is 9.59. The molecule has 1 rings (SSSR count). The van der Waals surface area contributed by atoms with E-state index in [2.05, 4.69) is 13.2 Å². The second-order valence-corrected chi connectivity index (χ2v) is 2.82. The van der Waals surface area contributed by atoms with Gasteiger partial charge in [-0.3, -0.25) is 0 Å². The molecule has 0 aliphatic carbocycles. The SMILES string of the molecule is C=CCOc1ccc(C=C)c(C)c1. The molecule has 0 amide bonds. The first-order valence-electron chi connectivity index (χ1n) is 4.24. The van der Waals surface area contributed by atoms with Gasteiger partial charge in [-0.1, -0.05) is 31.4 Å². The van der Waals surface area contributed by atoms with Crippen LogP contribution in [0.4, 0.5) is 0 Å². The first-order valence-corrected chi connectivity index (χ1v) is 4.24. The summed E-state index contributed by atoms with van der Waals surface area (Å²) in [4.78, 5) is 0. The standard InChI is InChI=1S/C12H14O/c1-4-8-13-12-7-6-11(5-2)10(3)9-12/h4-7,9H,1-2,8H2,3H3. The van der Waals surface area contributed by atoms with Crippen LogP contribution in [-0.2, 0) is 0 Å². The number of hydrogen-bond acceptors (Lipinski definition) is 1. The summed E-state index contributed by atoms with van der Waals surface area (Å²) in [6.07, 6.45) is 3.57. The molecule has 0 spiro atoms. The van der Waals surface area contributed by atoms with Crippen molar-refractivity contribution in [3.8, 4) is 5.75 Å². The highest BCUT2D eigenvalue weighted by molar-refractivity contribution is 5.53. The van der Waals surface area contributed by atoms with E-state index < -0.39 is 0 Å². The third-order valence-corrected chi connectivity index (χ3v) is 1.83. The van der Waals surface area contributed by atoms with Gasteiger partial charge in [0.05, 0.1) is 0 Å². The Morgan fingerprint density at radius 2 is 2.15 bits per heavy atom. The molecule has 0 bridgehead atoms. The van der Waals surface area contributed by atoms with E-state index >= 15 is 0 Å². The minimum Gasteiger partial charge on any atom is -0.490 e. The van der Waals surface area contributed by atoms with Gasteiger partial charge in [-0.15, -0.1) is 0 Å². The molecule has 13 heavy (non-hydrogen) atoms. The van der Waals surface area contributed by atoms with Crippen LogP contribution in [0.15, 0.2) is 37.4 Å². The van der Waals surface area contributed by atoms with Crippen molar-refractivity contribution in [3.05, 3.63) is 48.6 Å². The molecule has 0 aliphatic heterocycles. The van der Waals surface area contributed by atoms with Gasteiger partial charge in [0.2, 0.25) is 0 Å². The van der Waals surface area contributed by atoms with Gasteiger partial charge >= 0.3 is 0 Å². The summed E-state index contributed by atoms with van der Waals surface area (Å²) in [7, 11) is 0. The van der Waals surface area contributed by atoms with Crippen molar-refractivity contribution in [1.29, 1.82) is 0 Å². The molecule has 1 heteroatoms. The van der Waals surface area contributed by atoms with Crippen molar-refractivity contribution in [3.63, 3.8) is 0 Å². The molecule has 1 nitrogen and oxygen atoms in total. The molecule has 0 heterocycles. The summed E-state index contributed by atoms with van der Waals surface area (Å²) >= 11 is 0. The van der Waals surface area contributed by atoms with Crippen LogP contribution in [0.1, 0.15) is 11.1 Å². The minimum atomic E-state index is 0.548. The molecular formula is C12H14O. The zero-order valence-electron chi connectivity index (χ0n) is 7.92. The minimum absolute atomic E-state index is 0.548. The van der Waals surface area contributed by atoms with Crippen LogP contribution < -0.4 is 4.74 Å². The van der Waals surface area contributed by atoms with Crippen LogP contribution in [0.5, 0.6) is 5.75 Å². The molecule has 0 radical (unpaired) electrons. The van der Waals surface area contributed by atoms with Crippen molar-refractivity contribution >= 4 is 6.08 Å². The van der Waals surface area contributed by atoms with Gasteiger partial charge < -0.3 is 4.74 Å². The molecule has 0 aliphatic rings. The zero-order valence-corrected chi connectivity index (χ0v) is 7.92. The monoisotopic (exact) mass is 174 g/mol. The largest absolute Gasteiger partial charge is 0.490 e. The lowest BCUT2D eigenvalue weighted by atomic mass is 10.1. The lowest BCUT2D eigenvalue weighted by Crippen LogP contribution is -1.93.